The molecule has 1 N–H and O–H groups in total. The number of hydrogen-bond acceptors (Lipinski definition) is 2. The smallest absolute Gasteiger partial charge is 0.379 e. The number of hydrogen-bond donors (Lipinski definition) is 1. The van der Waals surface area contributed by atoms with Crippen LogP contribution >= 0.6 is 0 Å². The highest BCUT2D eigenvalue weighted by Gasteiger charge is 2.33. The molecule has 1 rings (SSSR count). The van der Waals surface area contributed by atoms with E-state index in [0.29, 0.717) is 5.69 Å². The fraction of sp³-hybridized carbons (Fsp3) is 0.250. The second-order valence-electron chi connectivity index (χ2n) is 3.54. The highest BCUT2D eigenvalue weighted by molar-refractivity contribution is 5.53. The minimum atomic E-state index is -4.53. The molecule has 2 nitrogen and oxygen atoms in total. The third-order valence-electron chi connectivity index (χ3n) is 2.19. The van der Waals surface area contributed by atoms with E-state index in [-0.39, 0.29) is 11.6 Å². The molecule has 0 aliphatic rings. The van der Waals surface area contributed by atoms with Gasteiger partial charge in [-0.3, -0.25) is 0 Å². The van der Waals surface area contributed by atoms with E-state index in [4.69, 9.17) is 5.26 Å². The summed E-state index contributed by atoms with van der Waals surface area (Å²) in [5, 5.41) is 11.4. The first-order chi connectivity index (χ1) is 7.88. The molecule has 0 radical (unpaired) electrons. The van der Waals surface area contributed by atoms with Crippen LogP contribution in [0.3, 0.4) is 0 Å². The van der Waals surface area contributed by atoms with Crippen LogP contribution in [0.5, 0.6) is 0 Å². The van der Waals surface area contributed by atoms with Gasteiger partial charge in [-0.05, 0) is 25.1 Å². The van der Waals surface area contributed by atoms with Crippen molar-refractivity contribution in [3.8, 4) is 6.07 Å². The molecule has 1 aromatic carbocycles. The van der Waals surface area contributed by atoms with Gasteiger partial charge < -0.3 is 5.32 Å². The largest absolute Gasteiger partial charge is 0.417 e. The molecule has 0 bridgehead atoms. The van der Waals surface area contributed by atoms with E-state index in [1.54, 1.807) is 13.0 Å². The maximum absolute atomic E-state index is 12.6. The van der Waals surface area contributed by atoms with E-state index in [1.807, 2.05) is 0 Å². The monoisotopic (exact) mass is 240 g/mol. The summed E-state index contributed by atoms with van der Waals surface area (Å²) in [6, 6.07) is 4.90. The first kappa shape index (κ1) is 13.1. The quantitative estimate of drug-likeness (QED) is 0.820. The maximum Gasteiger partial charge on any atom is 0.417 e. The van der Waals surface area contributed by atoms with Crippen LogP contribution in [0.4, 0.5) is 18.9 Å². The molecule has 0 aliphatic heterocycles. The lowest BCUT2D eigenvalue weighted by molar-refractivity contribution is -0.137. The molecule has 1 unspecified atom stereocenters. The lowest BCUT2D eigenvalue weighted by atomic mass is 10.1. The molecule has 0 saturated heterocycles. The van der Waals surface area contributed by atoms with Crippen molar-refractivity contribution in [1.82, 2.24) is 0 Å². The fourth-order valence-corrected chi connectivity index (χ4v) is 1.29. The predicted molar refractivity (Wildman–Crippen MR) is 59.4 cm³/mol. The van der Waals surface area contributed by atoms with Crippen LogP contribution < -0.4 is 5.32 Å². The Morgan fingerprint density at radius 3 is 2.59 bits per heavy atom. The van der Waals surface area contributed by atoms with Gasteiger partial charge in [0.15, 0.2) is 0 Å². The summed E-state index contributed by atoms with van der Waals surface area (Å²) >= 11 is 0. The number of nitriles is 1. The molecule has 17 heavy (non-hydrogen) atoms. The molecular weight excluding hydrogens is 229 g/mol. The Morgan fingerprint density at radius 2 is 2.12 bits per heavy atom. The number of nitrogens with one attached hydrogen (secondary N) is 1. The first-order valence-electron chi connectivity index (χ1n) is 4.89. The molecular formula is C12H11F3N2. The minimum absolute atomic E-state index is 0.149. The normalized spacial score (nSPS) is 12.6. The van der Waals surface area contributed by atoms with E-state index in [1.165, 1.54) is 12.1 Å². The third kappa shape index (κ3) is 3.25. The van der Waals surface area contributed by atoms with Gasteiger partial charge in [0.1, 0.15) is 0 Å². The molecule has 0 aliphatic carbocycles. The summed E-state index contributed by atoms with van der Waals surface area (Å²) in [4.78, 5) is 0. The zero-order valence-electron chi connectivity index (χ0n) is 9.17. The van der Waals surface area contributed by atoms with Gasteiger partial charge in [-0.15, -0.1) is 6.58 Å². The van der Waals surface area contributed by atoms with Crippen LogP contribution in [0.15, 0.2) is 30.9 Å². The van der Waals surface area contributed by atoms with E-state index >= 15 is 0 Å². The Balaban J connectivity index is 3.15. The summed E-state index contributed by atoms with van der Waals surface area (Å²) in [6.45, 7) is 5.29. The molecule has 0 saturated carbocycles. The molecule has 0 fully saturated rings. The van der Waals surface area contributed by atoms with Crippen LogP contribution in [0.25, 0.3) is 0 Å². The van der Waals surface area contributed by atoms with Gasteiger partial charge in [0, 0.05) is 11.7 Å². The lowest BCUT2D eigenvalue weighted by Gasteiger charge is -2.14. The van der Waals surface area contributed by atoms with Crippen molar-refractivity contribution in [3.05, 3.63) is 42.0 Å². The van der Waals surface area contributed by atoms with E-state index in [9.17, 15) is 13.2 Å². The van der Waals surface area contributed by atoms with Crippen LogP contribution in [0, 0.1) is 11.3 Å². The second kappa shape index (κ2) is 4.91. The van der Waals surface area contributed by atoms with E-state index < -0.39 is 11.7 Å². The van der Waals surface area contributed by atoms with E-state index in [2.05, 4.69) is 11.9 Å². The Hall–Kier alpha value is -1.96. The average molecular weight is 240 g/mol. The maximum atomic E-state index is 12.6. The Bertz CT molecular complexity index is 458. The van der Waals surface area contributed by atoms with Crippen molar-refractivity contribution in [2.45, 2.75) is 19.1 Å². The molecule has 0 heterocycles. The zero-order valence-corrected chi connectivity index (χ0v) is 9.17. The summed E-state index contributed by atoms with van der Waals surface area (Å²) in [7, 11) is 0. The van der Waals surface area contributed by atoms with Gasteiger partial charge in [0.05, 0.1) is 17.2 Å². The Morgan fingerprint density at radius 1 is 1.47 bits per heavy atom. The highest BCUT2D eigenvalue weighted by Crippen LogP contribution is 2.33. The molecule has 0 spiro atoms. The summed E-state index contributed by atoms with van der Waals surface area (Å²) < 4.78 is 37.9. The fourth-order valence-electron chi connectivity index (χ4n) is 1.29. The SMILES string of the molecule is C=CC(C)Nc1ccc(C#N)c(C(F)(F)F)c1. The van der Waals surface area contributed by atoms with Crippen molar-refractivity contribution in [2.75, 3.05) is 5.32 Å². The number of benzene rings is 1. The molecule has 5 heteroatoms. The van der Waals surface area contributed by atoms with Crippen LogP contribution in [-0.4, -0.2) is 6.04 Å². The average Bonchev–Trinajstić information content (AvgIpc) is 2.27. The molecule has 0 amide bonds. The zero-order chi connectivity index (χ0) is 13.1. The number of nitrogens with zero attached hydrogens (tertiary/aromatic N) is 1. The summed E-state index contributed by atoms with van der Waals surface area (Å²) in [5.74, 6) is 0. The van der Waals surface area contributed by atoms with Crippen molar-refractivity contribution in [2.24, 2.45) is 0 Å². The van der Waals surface area contributed by atoms with Crippen LogP contribution in [0.2, 0.25) is 0 Å². The topological polar surface area (TPSA) is 35.8 Å². The van der Waals surface area contributed by atoms with Crippen LogP contribution in [0.1, 0.15) is 18.1 Å². The van der Waals surface area contributed by atoms with Gasteiger partial charge in [-0.2, -0.15) is 18.4 Å². The predicted octanol–water partition coefficient (Wildman–Crippen LogP) is 3.56. The highest BCUT2D eigenvalue weighted by atomic mass is 19.4. The minimum Gasteiger partial charge on any atom is -0.379 e. The molecule has 1 aromatic rings. The molecule has 1 atom stereocenters. The molecule has 90 valence electrons. The lowest BCUT2D eigenvalue weighted by Crippen LogP contribution is -2.13. The number of alkyl halides is 3. The number of anilines is 1. The molecule has 0 aromatic heterocycles. The van der Waals surface area contributed by atoms with Gasteiger partial charge in [0.25, 0.3) is 0 Å². The Kier molecular flexibility index (Phi) is 3.79. The van der Waals surface area contributed by atoms with E-state index in [0.717, 1.165) is 12.1 Å². The van der Waals surface area contributed by atoms with Crippen molar-refractivity contribution in [3.63, 3.8) is 0 Å². The standard InChI is InChI=1S/C12H11F3N2/c1-3-8(2)17-10-5-4-9(7-16)11(6-10)12(13,14)15/h3-6,8,17H,1H2,2H3. The third-order valence-corrected chi connectivity index (χ3v) is 2.19. The van der Waals surface area contributed by atoms with Crippen molar-refractivity contribution in [1.29, 1.82) is 5.26 Å². The first-order valence-corrected chi connectivity index (χ1v) is 4.89. The van der Waals surface area contributed by atoms with Gasteiger partial charge in [-0.25, -0.2) is 0 Å². The summed E-state index contributed by atoms with van der Waals surface area (Å²) in [6.07, 6.45) is -2.95. The Labute approximate surface area is 97.4 Å². The number of rotatable bonds is 3. The van der Waals surface area contributed by atoms with Gasteiger partial charge in [-0.1, -0.05) is 6.08 Å². The second-order valence-corrected chi connectivity index (χ2v) is 3.54. The van der Waals surface area contributed by atoms with Gasteiger partial charge >= 0.3 is 6.18 Å². The number of halogens is 3. The summed E-state index contributed by atoms with van der Waals surface area (Å²) in [5.41, 5.74) is -1.00. The van der Waals surface area contributed by atoms with Crippen molar-refractivity contribution >= 4 is 5.69 Å². The van der Waals surface area contributed by atoms with Crippen LogP contribution in [-0.2, 0) is 6.18 Å². The van der Waals surface area contributed by atoms with Gasteiger partial charge in [0.2, 0.25) is 0 Å². The van der Waals surface area contributed by atoms with Crippen molar-refractivity contribution < 1.29 is 13.2 Å².